The van der Waals surface area contributed by atoms with E-state index in [9.17, 15) is 0 Å². The minimum Gasteiger partial charge on any atom is -0.394 e. The third-order valence-corrected chi connectivity index (χ3v) is 4.06. The number of aliphatic hydroxyl groups is 1. The molecule has 0 aliphatic carbocycles. The fourth-order valence-corrected chi connectivity index (χ4v) is 2.73. The van der Waals surface area contributed by atoms with Crippen molar-refractivity contribution in [1.82, 2.24) is 0 Å². The second-order valence-electron chi connectivity index (χ2n) is 6.03. The van der Waals surface area contributed by atoms with E-state index in [4.69, 9.17) is 14.6 Å². The van der Waals surface area contributed by atoms with Crippen LogP contribution in [0.3, 0.4) is 0 Å². The van der Waals surface area contributed by atoms with Gasteiger partial charge in [0.2, 0.25) is 0 Å². The Hall–Kier alpha value is -0.120. The molecule has 1 aliphatic heterocycles. The van der Waals surface area contributed by atoms with E-state index in [2.05, 4.69) is 6.92 Å². The SMILES string of the molecule is CCCCCCCCCCCCC[C@@H]1OC[C@@H](CO)O1. The first-order chi connectivity index (χ1) is 9.86. The van der Waals surface area contributed by atoms with Gasteiger partial charge in [0.05, 0.1) is 13.2 Å². The van der Waals surface area contributed by atoms with Crippen molar-refractivity contribution in [3.05, 3.63) is 0 Å². The molecule has 1 fully saturated rings. The highest BCUT2D eigenvalue weighted by molar-refractivity contribution is 4.63. The van der Waals surface area contributed by atoms with Gasteiger partial charge < -0.3 is 14.6 Å². The zero-order valence-electron chi connectivity index (χ0n) is 13.3. The average molecular weight is 286 g/mol. The number of unbranched alkanes of at least 4 members (excludes halogenated alkanes) is 10. The normalized spacial score (nSPS) is 22.5. The summed E-state index contributed by atoms with van der Waals surface area (Å²) in [6.07, 6.45) is 15.8. The standard InChI is InChI=1S/C17H34O3/c1-2-3-4-5-6-7-8-9-10-11-12-13-17-19-15-16(14-18)20-17/h16-18H,2-15H2,1H3/t16-,17-/m1/s1. The molecule has 1 N–H and O–H groups in total. The van der Waals surface area contributed by atoms with E-state index in [1.165, 1.54) is 70.6 Å². The summed E-state index contributed by atoms with van der Waals surface area (Å²) in [5.74, 6) is 0. The molecule has 1 heterocycles. The Kier molecular flexibility index (Phi) is 11.3. The molecule has 0 amide bonds. The van der Waals surface area contributed by atoms with Crippen LogP contribution in [0.25, 0.3) is 0 Å². The minimum absolute atomic E-state index is 0.0642. The van der Waals surface area contributed by atoms with Gasteiger partial charge in [-0.2, -0.15) is 0 Å². The van der Waals surface area contributed by atoms with Gasteiger partial charge in [-0.3, -0.25) is 0 Å². The van der Waals surface area contributed by atoms with Gasteiger partial charge in [0.25, 0.3) is 0 Å². The molecule has 0 aromatic rings. The molecule has 3 heteroatoms. The van der Waals surface area contributed by atoms with Gasteiger partial charge in [-0.05, 0) is 12.8 Å². The third-order valence-electron chi connectivity index (χ3n) is 4.06. The Balaban J connectivity index is 1.75. The van der Waals surface area contributed by atoms with Crippen LogP contribution in [0.5, 0.6) is 0 Å². The summed E-state index contributed by atoms with van der Waals surface area (Å²) in [6, 6.07) is 0. The van der Waals surface area contributed by atoms with Crippen LogP contribution in [0, 0.1) is 0 Å². The number of aliphatic hydroxyl groups excluding tert-OH is 1. The van der Waals surface area contributed by atoms with Crippen molar-refractivity contribution in [2.24, 2.45) is 0 Å². The van der Waals surface area contributed by atoms with Crippen molar-refractivity contribution in [2.45, 2.75) is 96.4 Å². The molecule has 0 radical (unpaired) electrons. The van der Waals surface area contributed by atoms with Crippen molar-refractivity contribution >= 4 is 0 Å². The summed E-state index contributed by atoms with van der Waals surface area (Å²) in [6.45, 7) is 2.90. The number of ether oxygens (including phenoxy) is 2. The molecule has 1 saturated heterocycles. The molecular weight excluding hydrogens is 252 g/mol. The summed E-state index contributed by atoms with van der Waals surface area (Å²) in [4.78, 5) is 0. The van der Waals surface area contributed by atoms with Crippen molar-refractivity contribution in [2.75, 3.05) is 13.2 Å². The van der Waals surface area contributed by atoms with E-state index >= 15 is 0 Å². The van der Waals surface area contributed by atoms with Crippen LogP contribution in [-0.4, -0.2) is 30.7 Å². The lowest BCUT2D eigenvalue weighted by Gasteiger charge is -2.09. The van der Waals surface area contributed by atoms with Crippen LogP contribution >= 0.6 is 0 Å². The van der Waals surface area contributed by atoms with E-state index < -0.39 is 0 Å². The largest absolute Gasteiger partial charge is 0.394 e. The van der Waals surface area contributed by atoms with Gasteiger partial charge in [0.1, 0.15) is 6.10 Å². The Bertz CT molecular complexity index is 208. The maximum Gasteiger partial charge on any atom is 0.158 e. The molecule has 0 aromatic carbocycles. The topological polar surface area (TPSA) is 38.7 Å². The zero-order chi connectivity index (χ0) is 14.5. The lowest BCUT2D eigenvalue weighted by Crippen LogP contribution is -2.16. The maximum atomic E-state index is 8.94. The maximum absolute atomic E-state index is 8.94. The smallest absolute Gasteiger partial charge is 0.158 e. The Labute approximate surface area is 125 Å². The first-order valence-electron chi connectivity index (χ1n) is 8.74. The monoisotopic (exact) mass is 286 g/mol. The molecule has 1 rings (SSSR count). The van der Waals surface area contributed by atoms with Crippen molar-refractivity contribution < 1.29 is 14.6 Å². The van der Waals surface area contributed by atoms with Crippen LogP contribution < -0.4 is 0 Å². The van der Waals surface area contributed by atoms with E-state index in [1.54, 1.807) is 0 Å². The molecule has 120 valence electrons. The summed E-state index contributed by atoms with van der Waals surface area (Å²) in [7, 11) is 0. The Morgan fingerprint density at radius 2 is 1.40 bits per heavy atom. The molecule has 0 spiro atoms. The minimum atomic E-state index is -0.0901. The lowest BCUT2D eigenvalue weighted by molar-refractivity contribution is -0.0701. The summed E-state index contributed by atoms with van der Waals surface area (Å²) >= 11 is 0. The molecule has 0 unspecified atom stereocenters. The van der Waals surface area contributed by atoms with Gasteiger partial charge in [-0.15, -0.1) is 0 Å². The highest BCUT2D eigenvalue weighted by atomic mass is 16.7. The second kappa shape index (κ2) is 12.6. The van der Waals surface area contributed by atoms with E-state index in [0.717, 1.165) is 6.42 Å². The van der Waals surface area contributed by atoms with Crippen molar-refractivity contribution in [3.63, 3.8) is 0 Å². The molecule has 0 bridgehead atoms. The van der Waals surface area contributed by atoms with Crippen LogP contribution in [0.15, 0.2) is 0 Å². The first-order valence-corrected chi connectivity index (χ1v) is 8.74. The number of hydrogen-bond donors (Lipinski definition) is 1. The van der Waals surface area contributed by atoms with Crippen molar-refractivity contribution in [1.29, 1.82) is 0 Å². The average Bonchev–Trinajstić information content (AvgIpc) is 2.93. The first kappa shape index (κ1) is 17.9. The molecule has 20 heavy (non-hydrogen) atoms. The highest BCUT2D eigenvalue weighted by Crippen LogP contribution is 2.18. The molecule has 0 saturated carbocycles. The van der Waals surface area contributed by atoms with Gasteiger partial charge in [0, 0.05) is 0 Å². The van der Waals surface area contributed by atoms with Crippen LogP contribution in [0.2, 0.25) is 0 Å². The fraction of sp³-hybridized carbons (Fsp3) is 1.00. The quantitative estimate of drug-likeness (QED) is 0.509. The predicted molar refractivity (Wildman–Crippen MR) is 82.8 cm³/mol. The van der Waals surface area contributed by atoms with Gasteiger partial charge in [-0.1, -0.05) is 71.1 Å². The van der Waals surface area contributed by atoms with Gasteiger partial charge in [-0.25, -0.2) is 0 Å². The van der Waals surface area contributed by atoms with Gasteiger partial charge >= 0.3 is 0 Å². The molecular formula is C17H34O3. The third kappa shape index (κ3) is 8.93. The van der Waals surface area contributed by atoms with Crippen LogP contribution in [-0.2, 0) is 9.47 Å². The van der Waals surface area contributed by atoms with E-state index in [0.29, 0.717) is 6.61 Å². The summed E-state index contributed by atoms with van der Waals surface area (Å²) < 4.78 is 11.0. The van der Waals surface area contributed by atoms with Crippen LogP contribution in [0.4, 0.5) is 0 Å². The Morgan fingerprint density at radius 3 is 1.90 bits per heavy atom. The van der Waals surface area contributed by atoms with Crippen LogP contribution in [0.1, 0.15) is 84.0 Å². The lowest BCUT2D eigenvalue weighted by atomic mass is 10.1. The molecule has 2 atom stereocenters. The zero-order valence-corrected chi connectivity index (χ0v) is 13.3. The fourth-order valence-electron chi connectivity index (χ4n) is 2.73. The second-order valence-corrected chi connectivity index (χ2v) is 6.03. The van der Waals surface area contributed by atoms with E-state index in [1.807, 2.05) is 0 Å². The highest BCUT2D eigenvalue weighted by Gasteiger charge is 2.24. The molecule has 3 nitrogen and oxygen atoms in total. The van der Waals surface area contributed by atoms with E-state index in [-0.39, 0.29) is 19.0 Å². The molecule has 0 aromatic heterocycles. The molecule has 1 aliphatic rings. The summed E-state index contributed by atoms with van der Waals surface area (Å²) in [5.41, 5.74) is 0. The summed E-state index contributed by atoms with van der Waals surface area (Å²) in [5, 5.41) is 8.94. The van der Waals surface area contributed by atoms with Crippen molar-refractivity contribution in [3.8, 4) is 0 Å². The predicted octanol–water partition coefficient (Wildman–Crippen LogP) is 4.42. The Morgan fingerprint density at radius 1 is 0.850 bits per heavy atom. The number of rotatable bonds is 13. The van der Waals surface area contributed by atoms with Gasteiger partial charge in [0.15, 0.2) is 6.29 Å². The number of hydrogen-bond acceptors (Lipinski definition) is 3.